The summed E-state index contributed by atoms with van der Waals surface area (Å²) in [6, 6.07) is 0. The molecule has 6 aliphatic rings. The summed E-state index contributed by atoms with van der Waals surface area (Å²) >= 11 is 0. The zero-order valence-corrected chi connectivity index (χ0v) is 35.7. The molecule has 0 saturated carbocycles. The summed E-state index contributed by atoms with van der Waals surface area (Å²) in [5.41, 5.74) is 30.2. The third kappa shape index (κ3) is 6.67. The molecule has 0 atom stereocenters. The molecule has 0 amide bonds. The monoisotopic (exact) mass is 751 g/mol. The van der Waals surface area contributed by atoms with Gasteiger partial charge in [-0.3, -0.25) is 0 Å². The molecule has 8 bridgehead atoms. The molecule has 4 nitrogen and oxygen atoms in total. The molecule has 2 N–H and O–H groups in total. The van der Waals surface area contributed by atoms with Crippen LogP contribution < -0.4 is 0 Å². The largest absolute Gasteiger partial charge is 0.354 e. The van der Waals surface area contributed by atoms with Gasteiger partial charge in [0.2, 0.25) is 0 Å². The van der Waals surface area contributed by atoms with Crippen LogP contribution in [-0.2, 0) is 51.4 Å². The Morgan fingerprint density at radius 3 is 0.982 bits per heavy atom. The first-order chi connectivity index (χ1) is 27.7. The van der Waals surface area contributed by atoms with Gasteiger partial charge >= 0.3 is 0 Å². The minimum Gasteiger partial charge on any atom is -0.354 e. The number of aryl methyl sites for hydroxylation is 7. The second kappa shape index (κ2) is 16.8. The maximum atomic E-state index is 5.97. The Morgan fingerprint density at radius 2 is 0.625 bits per heavy atom. The Hall–Kier alpha value is -3.40. The van der Waals surface area contributed by atoms with Crippen LogP contribution in [0.15, 0.2) is 0 Å². The van der Waals surface area contributed by atoms with Crippen molar-refractivity contribution >= 4 is 44.4 Å². The average Bonchev–Trinajstić information content (AvgIpc) is 4.05. The van der Waals surface area contributed by atoms with Crippen molar-refractivity contribution in [2.75, 3.05) is 0 Å². The molecular weight excluding hydrogens is 681 g/mol. The minimum atomic E-state index is 1.09. The van der Waals surface area contributed by atoms with E-state index in [4.69, 9.17) is 9.97 Å². The molecule has 0 aromatic carbocycles. The molecule has 0 saturated heterocycles. The van der Waals surface area contributed by atoms with Crippen LogP contribution in [0.4, 0.5) is 0 Å². The lowest BCUT2D eigenvalue weighted by Crippen LogP contribution is -2.01. The number of aromatic nitrogens is 4. The molecule has 3 aromatic heterocycles. The highest BCUT2D eigenvalue weighted by atomic mass is 14.8. The van der Waals surface area contributed by atoms with Gasteiger partial charge in [-0.2, -0.15) is 0 Å². The number of rotatable bonds is 16. The molecule has 9 rings (SSSR count). The Labute approximate surface area is 337 Å². The Kier molecular flexibility index (Phi) is 11.5. The van der Waals surface area contributed by atoms with Crippen LogP contribution in [0.5, 0.6) is 0 Å². The van der Waals surface area contributed by atoms with Crippen molar-refractivity contribution in [2.45, 2.75) is 207 Å². The molecule has 2 aliphatic heterocycles. The van der Waals surface area contributed by atoms with E-state index in [1.807, 2.05) is 0 Å². The Balaban J connectivity index is 1.47. The van der Waals surface area contributed by atoms with Crippen LogP contribution >= 0.6 is 0 Å². The van der Waals surface area contributed by atoms with Gasteiger partial charge in [0.25, 0.3) is 0 Å². The molecule has 0 fully saturated rings. The number of hydrogen-bond donors (Lipinski definition) is 2. The number of unbranched alkanes of at least 4 members (excludes halogenated alkanes) is 8. The summed E-state index contributed by atoms with van der Waals surface area (Å²) in [6.45, 7) is 9.42. The van der Waals surface area contributed by atoms with E-state index in [-0.39, 0.29) is 0 Å². The maximum absolute atomic E-state index is 5.97. The van der Waals surface area contributed by atoms with E-state index in [0.29, 0.717) is 0 Å². The molecule has 0 spiro atoms. The molecule has 5 heterocycles. The predicted molar refractivity (Wildman–Crippen MR) is 239 cm³/mol. The van der Waals surface area contributed by atoms with Crippen molar-refractivity contribution in [3.8, 4) is 0 Å². The quantitative estimate of drug-likeness (QED) is 0.143. The Morgan fingerprint density at radius 1 is 0.339 bits per heavy atom. The van der Waals surface area contributed by atoms with Gasteiger partial charge in [-0.1, -0.05) is 79.1 Å². The van der Waals surface area contributed by atoms with Gasteiger partial charge in [0, 0.05) is 38.8 Å². The number of nitrogens with one attached hydrogen (secondary N) is 2. The summed E-state index contributed by atoms with van der Waals surface area (Å²) in [7, 11) is 0. The maximum Gasteiger partial charge on any atom is 0.0726 e. The van der Waals surface area contributed by atoms with E-state index in [0.717, 1.165) is 25.7 Å². The van der Waals surface area contributed by atoms with Gasteiger partial charge in [0.05, 0.1) is 22.8 Å². The summed E-state index contributed by atoms with van der Waals surface area (Å²) in [4.78, 5) is 20.6. The van der Waals surface area contributed by atoms with Crippen molar-refractivity contribution in [2.24, 2.45) is 0 Å². The summed E-state index contributed by atoms with van der Waals surface area (Å²) in [5, 5.41) is 0. The SMILES string of the molecule is CCCCCc1c2nc(c(CCCCC)c3[nH]c(c4c3CCC4)c(CCCCC)c3[nH]c(c(CCCCC)c4nc1C1=C4CCC1)c1c3CCC1)C1=C2CCC1. The lowest BCUT2D eigenvalue weighted by atomic mass is 9.94. The van der Waals surface area contributed by atoms with Gasteiger partial charge in [-0.15, -0.1) is 0 Å². The van der Waals surface area contributed by atoms with E-state index >= 15 is 0 Å². The highest BCUT2D eigenvalue weighted by molar-refractivity contribution is 6.01. The third-order valence-electron chi connectivity index (χ3n) is 14.6. The third-order valence-corrected chi connectivity index (χ3v) is 14.6. The zero-order chi connectivity index (χ0) is 38.2. The van der Waals surface area contributed by atoms with Crippen molar-refractivity contribution in [3.63, 3.8) is 0 Å². The predicted octanol–water partition coefficient (Wildman–Crippen LogP) is 14.4. The number of aromatic amines is 2. The van der Waals surface area contributed by atoms with E-state index in [1.54, 1.807) is 50.1 Å². The fraction of sp³-hybridized carbons (Fsp3) is 0.615. The molecule has 0 unspecified atom stereocenters. The minimum absolute atomic E-state index is 1.09. The highest BCUT2D eigenvalue weighted by Crippen LogP contribution is 2.50. The number of allylic oxidation sites excluding steroid dienone is 4. The fourth-order valence-corrected chi connectivity index (χ4v) is 11.9. The van der Waals surface area contributed by atoms with Crippen LogP contribution in [0.25, 0.3) is 44.4 Å². The lowest BCUT2D eigenvalue weighted by molar-refractivity contribution is 0.710. The molecule has 56 heavy (non-hydrogen) atoms. The topological polar surface area (TPSA) is 57.4 Å². The first-order valence-corrected chi connectivity index (χ1v) is 24.0. The van der Waals surface area contributed by atoms with Crippen LogP contribution in [0.2, 0.25) is 0 Å². The van der Waals surface area contributed by atoms with Crippen LogP contribution in [0.3, 0.4) is 0 Å². The van der Waals surface area contributed by atoms with Crippen molar-refractivity contribution in [3.05, 3.63) is 67.3 Å². The highest BCUT2D eigenvalue weighted by Gasteiger charge is 2.35. The fourth-order valence-electron chi connectivity index (χ4n) is 11.9. The Bertz CT molecular complexity index is 2070. The smallest absolute Gasteiger partial charge is 0.0726 e. The van der Waals surface area contributed by atoms with Crippen molar-refractivity contribution in [1.29, 1.82) is 0 Å². The van der Waals surface area contributed by atoms with Gasteiger partial charge in [0.1, 0.15) is 0 Å². The summed E-state index contributed by atoms with van der Waals surface area (Å²) < 4.78 is 0. The van der Waals surface area contributed by atoms with E-state index < -0.39 is 0 Å². The number of hydrogen-bond acceptors (Lipinski definition) is 2. The molecule has 3 aromatic rings. The van der Waals surface area contributed by atoms with Crippen molar-refractivity contribution < 1.29 is 0 Å². The first-order valence-electron chi connectivity index (χ1n) is 24.0. The summed E-state index contributed by atoms with van der Waals surface area (Å²) in [6.07, 6.45) is 34.0. The second-order valence-corrected chi connectivity index (χ2v) is 18.4. The zero-order valence-electron chi connectivity index (χ0n) is 35.7. The second-order valence-electron chi connectivity index (χ2n) is 18.4. The molecule has 298 valence electrons. The van der Waals surface area contributed by atoms with Gasteiger partial charge in [-0.05, 0) is 179 Å². The summed E-state index contributed by atoms with van der Waals surface area (Å²) in [5.74, 6) is 0. The van der Waals surface area contributed by atoms with Crippen LogP contribution in [0, 0.1) is 0 Å². The number of H-pyrrole nitrogens is 2. The van der Waals surface area contributed by atoms with E-state index in [9.17, 15) is 0 Å². The van der Waals surface area contributed by atoms with Crippen molar-refractivity contribution in [1.82, 2.24) is 19.9 Å². The van der Waals surface area contributed by atoms with Gasteiger partial charge in [0.15, 0.2) is 0 Å². The molecule has 4 aliphatic carbocycles. The molecule has 4 heteroatoms. The average molecular weight is 751 g/mol. The molecular formula is C52H70N4. The molecule has 0 radical (unpaired) electrons. The standard InChI is InChI=1S/C52H70N4/c1-5-9-13-21-41-45-33-25-17-27-35(33)47(53-45)42(22-14-10-6-2)49-37-29-19-31-39(37)51(55-49)44(24-16-12-8-4)52-40-32-20-30-38(40)50(56-52)43(23-15-11-7-3)48-36-28-18-26-34(36)46(41)54-48/h53-54H,5-32H2,1-4H3. The van der Waals surface area contributed by atoms with Gasteiger partial charge in [-0.25, -0.2) is 9.97 Å². The number of nitrogens with zero attached hydrogens (tertiary/aromatic N) is 2. The first kappa shape index (κ1) is 38.1. The van der Waals surface area contributed by atoms with E-state index in [1.165, 1.54) is 216 Å². The van der Waals surface area contributed by atoms with Crippen LogP contribution in [-0.4, -0.2) is 19.9 Å². The lowest BCUT2D eigenvalue weighted by Gasteiger charge is -2.11. The van der Waals surface area contributed by atoms with E-state index in [2.05, 4.69) is 37.7 Å². The van der Waals surface area contributed by atoms with Crippen LogP contribution in [0.1, 0.15) is 223 Å². The normalized spacial score (nSPS) is 17.1. The number of fused-ring (bicyclic) bond motifs is 18. The van der Waals surface area contributed by atoms with Gasteiger partial charge < -0.3 is 9.97 Å².